The minimum Gasteiger partial charge on any atom is -0.493 e. The Morgan fingerprint density at radius 3 is 2.61 bits per heavy atom. The van der Waals surface area contributed by atoms with Crippen LogP contribution in [0.2, 0.25) is 0 Å². The Labute approximate surface area is 142 Å². The van der Waals surface area contributed by atoms with Crippen molar-refractivity contribution >= 4 is 23.2 Å². The molecule has 1 rings (SSSR count). The molecule has 0 saturated heterocycles. The van der Waals surface area contributed by atoms with E-state index in [2.05, 4.69) is 30.0 Å². The van der Waals surface area contributed by atoms with Crippen molar-refractivity contribution in [2.75, 3.05) is 20.3 Å². The van der Waals surface area contributed by atoms with Crippen molar-refractivity contribution < 1.29 is 14.3 Å². The van der Waals surface area contributed by atoms with Crippen LogP contribution in [0.25, 0.3) is 0 Å². The zero-order valence-electron chi connectivity index (χ0n) is 14.0. The second kappa shape index (κ2) is 10.0. The van der Waals surface area contributed by atoms with Gasteiger partial charge in [0.15, 0.2) is 5.11 Å². The summed E-state index contributed by atoms with van der Waals surface area (Å²) in [4.78, 5) is 12.1. The van der Waals surface area contributed by atoms with Gasteiger partial charge in [-0.15, -0.1) is 0 Å². The van der Waals surface area contributed by atoms with Crippen LogP contribution in [-0.2, 0) is 4.74 Å². The molecule has 1 aromatic rings. The smallest absolute Gasteiger partial charge is 0.269 e. The Kier molecular flexibility index (Phi) is 8.36. The van der Waals surface area contributed by atoms with Crippen LogP contribution in [0, 0.1) is 5.92 Å². The van der Waals surface area contributed by atoms with Gasteiger partial charge in [-0.2, -0.15) is 0 Å². The molecule has 0 spiro atoms. The highest BCUT2D eigenvalue weighted by atomic mass is 32.1. The average Bonchev–Trinajstić information content (AvgIpc) is 2.51. The van der Waals surface area contributed by atoms with Crippen LogP contribution >= 0.6 is 12.2 Å². The quantitative estimate of drug-likeness (QED) is 0.520. The number of rotatable bonds is 7. The number of amides is 1. The molecule has 0 aliphatic rings. The third-order valence-corrected chi connectivity index (χ3v) is 2.98. The first kappa shape index (κ1) is 19.2. The molecular weight excluding hydrogens is 314 g/mol. The number of hydrogen-bond acceptors (Lipinski definition) is 4. The summed E-state index contributed by atoms with van der Waals surface area (Å²) in [5, 5.41) is 3.32. The van der Waals surface area contributed by atoms with Crippen molar-refractivity contribution in [3.63, 3.8) is 0 Å². The summed E-state index contributed by atoms with van der Waals surface area (Å²) in [5.41, 5.74) is 5.71. The molecular formula is C16H25N3O3S. The molecule has 0 saturated carbocycles. The number of hydrogen-bond donors (Lipinski definition) is 3. The number of benzene rings is 1. The van der Waals surface area contributed by atoms with Gasteiger partial charge in [0.05, 0.1) is 13.2 Å². The Balaban J connectivity index is 2.48. The molecule has 7 heteroatoms. The molecule has 1 aromatic carbocycles. The van der Waals surface area contributed by atoms with Crippen LogP contribution in [0.3, 0.4) is 0 Å². The van der Waals surface area contributed by atoms with E-state index in [1.54, 1.807) is 25.3 Å². The molecule has 0 aliphatic carbocycles. The third-order valence-electron chi connectivity index (χ3n) is 2.76. The topological polar surface area (TPSA) is 71.6 Å². The van der Waals surface area contributed by atoms with Gasteiger partial charge in [-0.25, -0.2) is 0 Å². The van der Waals surface area contributed by atoms with Crippen molar-refractivity contribution in [2.24, 2.45) is 5.92 Å². The minimum absolute atomic E-state index is 0.0460. The number of carbonyl (C=O) groups excluding carboxylic acids is 1. The Morgan fingerprint density at radius 2 is 1.96 bits per heavy atom. The van der Waals surface area contributed by atoms with E-state index in [1.165, 1.54) is 0 Å². The average molecular weight is 339 g/mol. The van der Waals surface area contributed by atoms with Crippen molar-refractivity contribution in [2.45, 2.75) is 26.8 Å². The standard InChI is InChI=1S/C16H25N3O3S/c1-11(2)9-22-14-7-5-6-13(8-14)15(20)18-19-16(23)17-12(3)10-21-4/h5-8,11-12H,9-10H2,1-4H3,(H,18,20)(H2,17,19,23)/t12-/m0/s1. The number of ether oxygens (including phenoxy) is 2. The van der Waals surface area contributed by atoms with Gasteiger partial charge < -0.3 is 14.8 Å². The molecule has 128 valence electrons. The number of nitrogens with one attached hydrogen (secondary N) is 3. The van der Waals surface area contributed by atoms with E-state index in [4.69, 9.17) is 21.7 Å². The lowest BCUT2D eigenvalue weighted by molar-refractivity contribution is 0.0943. The first-order valence-corrected chi connectivity index (χ1v) is 7.91. The molecule has 0 radical (unpaired) electrons. The summed E-state index contributed by atoms with van der Waals surface area (Å²) in [6.07, 6.45) is 0. The molecule has 0 bridgehead atoms. The highest BCUT2D eigenvalue weighted by Gasteiger charge is 2.08. The Bertz CT molecular complexity index is 523. The normalized spacial score (nSPS) is 11.7. The first-order valence-electron chi connectivity index (χ1n) is 7.51. The monoisotopic (exact) mass is 339 g/mol. The van der Waals surface area contributed by atoms with Crippen LogP contribution in [0.4, 0.5) is 0 Å². The minimum atomic E-state index is -0.288. The fourth-order valence-corrected chi connectivity index (χ4v) is 1.98. The lowest BCUT2D eigenvalue weighted by Crippen LogP contribution is -2.49. The van der Waals surface area contributed by atoms with Gasteiger partial charge >= 0.3 is 0 Å². The second-order valence-corrected chi connectivity index (χ2v) is 6.05. The summed E-state index contributed by atoms with van der Waals surface area (Å²) < 4.78 is 10.6. The molecule has 0 aliphatic heterocycles. The molecule has 0 fully saturated rings. The fraction of sp³-hybridized carbons (Fsp3) is 0.500. The van der Waals surface area contributed by atoms with Gasteiger partial charge in [0.25, 0.3) is 5.91 Å². The maximum absolute atomic E-state index is 12.1. The van der Waals surface area contributed by atoms with Crippen LogP contribution < -0.4 is 20.9 Å². The third kappa shape index (κ3) is 7.80. The SMILES string of the molecule is COC[C@H](C)NC(=S)NNC(=O)c1cccc(OCC(C)C)c1. The highest BCUT2D eigenvalue weighted by Crippen LogP contribution is 2.14. The van der Waals surface area contributed by atoms with E-state index in [0.29, 0.717) is 35.6 Å². The molecule has 6 nitrogen and oxygen atoms in total. The molecule has 0 aromatic heterocycles. The largest absolute Gasteiger partial charge is 0.493 e. The molecule has 23 heavy (non-hydrogen) atoms. The lowest BCUT2D eigenvalue weighted by Gasteiger charge is -2.16. The van der Waals surface area contributed by atoms with Crippen molar-refractivity contribution in [3.8, 4) is 5.75 Å². The van der Waals surface area contributed by atoms with Crippen LogP contribution in [-0.4, -0.2) is 37.4 Å². The molecule has 3 N–H and O–H groups in total. The second-order valence-electron chi connectivity index (χ2n) is 5.64. The lowest BCUT2D eigenvalue weighted by atomic mass is 10.2. The molecule has 0 unspecified atom stereocenters. The van der Waals surface area contributed by atoms with E-state index in [-0.39, 0.29) is 11.9 Å². The zero-order valence-corrected chi connectivity index (χ0v) is 14.8. The summed E-state index contributed by atoms with van der Waals surface area (Å²) >= 11 is 5.09. The summed E-state index contributed by atoms with van der Waals surface area (Å²) in [7, 11) is 1.62. The van der Waals surface area contributed by atoms with Crippen LogP contribution in [0.1, 0.15) is 31.1 Å². The maximum Gasteiger partial charge on any atom is 0.269 e. The van der Waals surface area contributed by atoms with Crippen molar-refractivity contribution in [1.82, 2.24) is 16.2 Å². The highest BCUT2D eigenvalue weighted by molar-refractivity contribution is 7.80. The van der Waals surface area contributed by atoms with Gasteiger partial charge in [-0.05, 0) is 43.3 Å². The van der Waals surface area contributed by atoms with Crippen LogP contribution in [0.5, 0.6) is 5.75 Å². The first-order chi connectivity index (χ1) is 10.9. The van der Waals surface area contributed by atoms with Gasteiger partial charge in [0.1, 0.15) is 5.75 Å². The fourth-order valence-electron chi connectivity index (χ4n) is 1.73. The van der Waals surface area contributed by atoms with E-state index < -0.39 is 0 Å². The Hall–Kier alpha value is -1.86. The van der Waals surface area contributed by atoms with Gasteiger partial charge in [-0.1, -0.05) is 19.9 Å². The summed E-state index contributed by atoms with van der Waals surface area (Å²) in [6, 6.07) is 7.06. The summed E-state index contributed by atoms with van der Waals surface area (Å²) in [5.74, 6) is 0.802. The zero-order chi connectivity index (χ0) is 17.2. The van der Waals surface area contributed by atoms with Crippen molar-refractivity contribution in [1.29, 1.82) is 0 Å². The van der Waals surface area contributed by atoms with E-state index in [1.807, 2.05) is 13.0 Å². The molecule has 1 atom stereocenters. The predicted octanol–water partition coefficient (Wildman–Crippen LogP) is 1.87. The van der Waals surface area contributed by atoms with Gasteiger partial charge in [0, 0.05) is 18.7 Å². The Morgan fingerprint density at radius 1 is 1.22 bits per heavy atom. The van der Waals surface area contributed by atoms with E-state index >= 15 is 0 Å². The number of hydrazine groups is 1. The maximum atomic E-state index is 12.1. The van der Waals surface area contributed by atoms with Gasteiger partial charge in [0.2, 0.25) is 0 Å². The van der Waals surface area contributed by atoms with Crippen LogP contribution in [0.15, 0.2) is 24.3 Å². The van der Waals surface area contributed by atoms with Crippen molar-refractivity contribution in [3.05, 3.63) is 29.8 Å². The summed E-state index contributed by atoms with van der Waals surface area (Å²) in [6.45, 7) is 7.19. The van der Waals surface area contributed by atoms with E-state index in [9.17, 15) is 4.79 Å². The van der Waals surface area contributed by atoms with E-state index in [0.717, 1.165) is 0 Å². The number of thiocarbonyl (C=S) groups is 1. The van der Waals surface area contributed by atoms with Gasteiger partial charge in [-0.3, -0.25) is 15.6 Å². The molecule has 1 amide bonds. The predicted molar refractivity (Wildman–Crippen MR) is 94.4 cm³/mol. The number of carbonyl (C=O) groups is 1. The molecule has 0 heterocycles. The number of methoxy groups -OCH3 is 1.